The molecule has 0 radical (unpaired) electrons. The lowest BCUT2D eigenvalue weighted by Crippen LogP contribution is -2.18. The molecule has 2 rings (SSSR count). The second-order valence-corrected chi connectivity index (χ2v) is 4.16. The Hall–Kier alpha value is -2.72. The number of rotatable bonds is 3. The van der Waals surface area contributed by atoms with E-state index in [1.54, 1.807) is 0 Å². The lowest BCUT2D eigenvalue weighted by atomic mass is 10.2. The van der Waals surface area contributed by atoms with E-state index in [1.165, 1.54) is 0 Å². The summed E-state index contributed by atoms with van der Waals surface area (Å²) in [5.74, 6) is -2.47. The highest BCUT2D eigenvalue weighted by Gasteiger charge is 2.40. The number of aromatic carboxylic acids is 1. The minimum atomic E-state index is -5.02. The van der Waals surface area contributed by atoms with Crippen LogP contribution in [0.5, 0.6) is 5.75 Å². The normalized spacial score (nSPS) is 12.3. The molecular weight excluding hydrogens is 334 g/mol. The van der Waals surface area contributed by atoms with Gasteiger partial charge < -0.3 is 9.84 Å². The maximum absolute atomic E-state index is 13.0. The summed E-state index contributed by atoms with van der Waals surface area (Å²) in [4.78, 5) is 10.8. The summed E-state index contributed by atoms with van der Waals surface area (Å²) < 4.78 is 78.9. The lowest BCUT2D eigenvalue weighted by Gasteiger charge is -2.12. The van der Waals surface area contributed by atoms with Crippen molar-refractivity contribution in [2.75, 3.05) is 0 Å². The van der Waals surface area contributed by atoms with Gasteiger partial charge in [0.1, 0.15) is 11.3 Å². The standard InChI is InChI=1S/C12H6F6N2O3/c13-11(14,15)9-8(10(21)22)5-19-20(9)6-1-3-7(4-2-6)23-12(16,17)18/h1-5H,(H,21,22). The van der Waals surface area contributed by atoms with Gasteiger partial charge in [0, 0.05) is 0 Å². The Morgan fingerprint density at radius 2 is 1.65 bits per heavy atom. The van der Waals surface area contributed by atoms with Crippen molar-refractivity contribution in [1.29, 1.82) is 0 Å². The van der Waals surface area contributed by atoms with Crippen LogP contribution in [0.3, 0.4) is 0 Å². The number of benzene rings is 1. The average molecular weight is 340 g/mol. The van der Waals surface area contributed by atoms with Gasteiger partial charge in [-0.25, -0.2) is 9.48 Å². The molecule has 1 aromatic carbocycles. The number of nitrogens with zero attached hydrogens (tertiary/aromatic N) is 2. The molecule has 0 atom stereocenters. The predicted octanol–water partition coefficient (Wildman–Crippen LogP) is 3.49. The highest BCUT2D eigenvalue weighted by molar-refractivity contribution is 5.89. The van der Waals surface area contributed by atoms with Crippen LogP contribution in [-0.4, -0.2) is 27.2 Å². The van der Waals surface area contributed by atoms with E-state index in [0.717, 1.165) is 24.3 Å². The summed E-state index contributed by atoms with van der Waals surface area (Å²) in [6, 6.07) is 3.33. The van der Waals surface area contributed by atoms with E-state index in [2.05, 4.69) is 9.84 Å². The van der Waals surface area contributed by atoms with Crippen LogP contribution in [0, 0.1) is 0 Å². The number of halogens is 6. The van der Waals surface area contributed by atoms with Gasteiger partial charge in [-0.05, 0) is 24.3 Å². The quantitative estimate of drug-likeness (QED) is 0.869. The zero-order valence-corrected chi connectivity index (χ0v) is 10.8. The van der Waals surface area contributed by atoms with Crippen LogP contribution in [0.4, 0.5) is 26.3 Å². The van der Waals surface area contributed by atoms with Crippen molar-refractivity contribution in [2.45, 2.75) is 12.5 Å². The molecule has 0 fully saturated rings. The molecule has 0 spiro atoms. The Labute approximate surface area is 123 Å². The van der Waals surface area contributed by atoms with Crippen LogP contribution in [0.2, 0.25) is 0 Å². The zero-order chi connectivity index (χ0) is 17.4. The SMILES string of the molecule is O=C(O)c1cnn(-c2ccc(OC(F)(F)F)cc2)c1C(F)(F)F. The molecule has 0 amide bonds. The molecule has 1 heterocycles. The molecule has 2 aromatic rings. The fourth-order valence-corrected chi connectivity index (χ4v) is 1.76. The monoisotopic (exact) mass is 340 g/mol. The summed E-state index contributed by atoms with van der Waals surface area (Å²) in [5.41, 5.74) is -2.90. The predicted molar refractivity (Wildman–Crippen MR) is 62.2 cm³/mol. The Bertz CT molecular complexity index is 718. The van der Waals surface area contributed by atoms with Crippen LogP contribution >= 0.6 is 0 Å². The molecule has 1 N–H and O–H groups in total. The van der Waals surface area contributed by atoms with E-state index < -0.39 is 35.5 Å². The number of hydrogen-bond acceptors (Lipinski definition) is 3. The van der Waals surface area contributed by atoms with Gasteiger partial charge in [-0.3, -0.25) is 0 Å². The van der Waals surface area contributed by atoms with Crippen LogP contribution in [0.25, 0.3) is 5.69 Å². The van der Waals surface area contributed by atoms with Crippen LogP contribution in [0.1, 0.15) is 16.1 Å². The number of carboxylic acids is 1. The molecule has 0 bridgehead atoms. The van der Waals surface area contributed by atoms with Gasteiger partial charge in [-0.2, -0.15) is 18.3 Å². The van der Waals surface area contributed by atoms with E-state index in [0.29, 0.717) is 6.20 Å². The molecule has 124 valence electrons. The molecule has 11 heteroatoms. The van der Waals surface area contributed by atoms with Crippen molar-refractivity contribution in [3.63, 3.8) is 0 Å². The summed E-state index contributed by atoms with van der Waals surface area (Å²) in [7, 11) is 0. The topological polar surface area (TPSA) is 64.3 Å². The van der Waals surface area contributed by atoms with E-state index in [4.69, 9.17) is 5.11 Å². The Morgan fingerprint density at radius 3 is 2.09 bits per heavy atom. The first kappa shape index (κ1) is 16.6. The number of hydrogen-bond donors (Lipinski definition) is 1. The highest BCUT2D eigenvalue weighted by Crippen LogP contribution is 2.34. The van der Waals surface area contributed by atoms with Crippen molar-refractivity contribution >= 4 is 5.97 Å². The summed E-state index contributed by atoms with van der Waals surface area (Å²) in [6.07, 6.45) is -9.46. The van der Waals surface area contributed by atoms with E-state index >= 15 is 0 Å². The minimum absolute atomic E-state index is 0.278. The summed E-state index contributed by atoms with van der Waals surface area (Å²) in [5, 5.41) is 12.1. The number of aromatic nitrogens is 2. The van der Waals surface area contributed by atoms with Crippen molar-refractivity contribution in [3.8, 4) is 11.4 Å². The maximum atomic E-state index is 13.0. The minimum Gasteiger partial charge on any atom is -0.478 e. The fraction of sp³-hybridized carbons (Fsp3) is 0.167. The third-order valence-corrected chi connectivity index (χ3v) is 2.58. The highest BCUT2D eigenvalue weighted by atomic mass is 19.4. The number of alkyl halides is 6. The Kier molecular flexibility index (Phi) is 3.97. The summed E-state index contributed by atoms with van der Waals surface area (Å²) >= 11 is 0. The Morgan fingerprint density at radius 1 is 1.09 bits per heavy atom. The first-order valence-corrected chi connectivity index (χ1v) is 5.74. The molecule has 0 aliphatic rings. The molecule has 1 aromatic heterocycles. The van der Waals surface area contributed by atoms with Crippen LogP contribution < -0.4 is 4.74 Å². The molecule has 0 saturated carbocycles. The van der Waals surface area contributed by atoms with E-state index in [1.807, 2.05) is 0 Å². The molecule has 5 nitrogen and oxygen atoms in total. The first-order valence-electron chi connectivity index (χ1n) is 5.74. The molecule has 23 heavy (non-hydrogen) atoms. The van der Waals surface area contributed by atoms with Crippen LogP contribution in [0.15, 0.2) is 30.5 Å². The largest absolute Gasteiger partial charge is 0.573 e. The molecular formula is C12H6F6N2O3. The average Bonchev–Trinajstić information content (AvgIpc) is 2.82. The molecule has 0 aliphatic heterocycles. The van der Waals surface area contributed by atoms with Crippen molar-refractivity contribution < 1.29 is 41.0 Å². The fourth-order valence-electron chi connectivity index (χ4n) is 1.76. The van der Waals surface area contributed by atoms with Gasteiger partial charge in [0.25, 0.3) is 0 Å². The van der Waals surface area contributed by atoms with Gasteiger partial charge in [0.2, 0.25) is 0 Å². The first-order chi connectivity index (χ1) is 10.5. The number of carboxylic acid groups (broad SMARTS) is 1. The third-order valence-electron chi connectivity index (χ3n) is 2.58. The number of ether oxygens (including phenoxy) is 1. The smallest absolute Gasteiger partial charge is 0.478 e. The van der Waals surface area contributed by atoms with E-state index in [-0.39, 0.29) is 10.4 Å². The van der Waals surface area contributed by atoms with Crippen molar-refractivity contribution in [2.24, 2.45) is 0 Å². The maximum Gasteiger partial charge on any atom is 0.573 e. The Balaban J connectivity index is 2.45. The van der Waals surface area contributed by atoms with Crippen molar-refractivity contribution in [3.05, 3.63) is 41.7 Å². The van der Waals surface area contributed by atoms with Gasteiger partial charge >= 0.3 is 18.5 Å². The molecule has 0 aliphatic carbocycles. The zero-order valence-electron chi connectivity index (χ0n) is 10.8. The molecule has 0 unspecified atom stereocenters. The lowest BCUT2D eigenvalue weighted by molar-refractivity contribution is -0.274. The van der Waals surface area contributed by atoms with E-state index in [9.17, 15) is 31.1 Å². The van der Waals surface area contributed by atoms with Gasteiger partial charge in [0.05, 0.1) is 11.9 Å². The molecule has 0 saturated heterocycles. The van der Waals surface area contributed by atoms with Gasteiger partial charge in [-0.15, -0.1) is 13.2 Å². The number of carbonyl (C=O) groups is 1. The second-order valence-electron chi connectivity index (χ2n) is 4.16. The van der Waals surface area contributed by atoms with Crippen LogP contribution in [-0.2, 0) is 6.18 Å². The summed E-state index contributed by atoms with van der Waals surface area (Å²) in [6.45, 7) is 0. The third kappa shape index (κ3) is 3.73. The second kappa shape index (κ2) is 5.48. The van der Waals surface area contributed by atoms with Gasteiger partial charge in [0.15, 0.2) is 5.69 Å². The van der Waals surface area contributed by atoms with Crippen molar-refractivity contribution in [1.82, 2.24) is 9.78 Å². The van der Waals surface area contributed by atoms with Gasteiger partial charge in [-0.1, -0.05) is 0 Å².